The molecule has 6 heteroatoms. The Labute approximate surface area is 97.0 Å². The van der Waals surface area contributed by atoms with Gasteiger partial charge in [0.1, 0.15) is 0 Å². The molecule has 1 aromatic rings. The predicted molar refractivity (Wildman–Crippen MR) is 58.8 cm³/mol. The molecule has 1 rings (SSSR count). The third kappa shape index (κ3) is 4.00. The van der Waals surface area contributed by atoms with E-state index in [4.69, 9.17) is 0 Å². The van der Waals surface area contributed by atoms with Gasteiger partial charge in [-0.25, -0.2) is 4.79 Å². The molecule has 0 aliphatic carbocycles. The minimum absolute atomic E-state index is 0.147. The lowest BCUT2D eigenvalue weighted by molar-refractivity contribution is -0.156. The van der Waals surface area contributed by atoms with E-state index in [0.717, 1.165) is 4.88 Å². The molecule has 0 radical (unpaired) electrons. The maximum absolute atomic E-state index is 11.4. The molecule has 1 amide bonds. The lowest BCUT2D eigenvalue weighted by atomic mass is 10.3. The summed E-state index contributed by atoms with van der Waals surface area (Å²) in [7, 11) is 0. The van der Waals surface area contributed by atoms with Crippen molar-refractivity contribution in [1.82, 2.24) is 5.32 Å². The maximum Gasteiger partial charge on any atom is 0.356 e. The molecule has 88 valence electrons. The van der Waals surface area contributed by atoms with E-state index >= 15 is 0 Å². The molecule has 0 saturated heterocycles. The Kier molecular flexibility index (Phi) is 4.94. The first-order chi connectivity index (χ1) is 7.63. The SMILES string of the molecule is CCOC(=O)C(O)NC(=O)Cc1cccs1. The molecule has 0 aromatic carbocycles. The van der Waals surface area contributed by atoms with Crippen LogP contribution in [-0.4, -0.2) is 29.8 Å². The molecule has 1 atom stereocenters. The molecule has 0 fully saturated rings. The zero-order chi connectivity index (χ0) is 12.0. The van der Waals surface area contributed by atoms with Crippen molar-refractivity contribution < 1.29 is 19.4 Å². The van der Waals surface area contributed by atoms with Crippen LogP contribution in [0.2, 0.25) is 0 Å². The molecular weight excluding hydrogens is 230 g/mol. The Morgan fingerprint density at radius 1 is 1.62 bits per heavy atom. The summed E-state index contributed by atoms with van der Waals surface area (Å²) in [4.78, 5) is 23.2. The van der Waals surface area contributed by atoms with Gasteiger partial charge in [0.15, 0.2) is 0 Å². The van der Waals surface area contributed by atoms with Crippen molar-refractivity contribution in [3.05, 3.63) is 22.4 Å². The van der Waals surface area contributed by atoms with E-state index in [1.165, 1.54) is 11.3 Å². The number of ether oxygens (including phenoxy) is 1. The van der Waals surface area contributed by atoms with E-state index in [1.807, 2.05) is 11.4 Å². The van der Waals surface area contributed by atoms with Crippen molar-refractivity contribution in [2.45, 2.75) is 19.6 Å². The van der Waals surface area contributed by atoms with Crippen molar-refractivity contribution in [1.29, 1.82) is 0 Å². The highest BCUT2D eigenvalue weighted by Crippen LogP contribution is 2.08. The summed E-state index contributed by atoms with van der Waals surface area (Å²) >= 11 is 1.44. The molecule has 0 spiro atoms. The number of aliphatic hydroxyl groups is 1. The first kappa shape index (κ1) is 12.7. The number of carbonyl (C=O) groups excluding carboxylic acids is 2. The fraction of sp³-hybridized carbons (Fsp3) is 0.400. The fourth-order valence-electron chi connectivity index (χ4n) is 1.06. The molecule has 1 aromatic heterocycles. The number of rotatable bonds is 5. The number of hydrogen-bond donors (Lipinski definition) is 2. The minimum Gasteiger partial charge on any atom is -0.463 e. The van der Waals surface area contributed by atoms with Gasteiger partial charge in [-0.3, -0.25) is 4.79 Å². The Hall–Kier alpha value is -1.40. The second-order valence-electron chi connectivity index (χ2n) is 2.98. The van der Waals surface area contributed by atoms with E-state index in [1.54, 1.807) is 13.0 Å². The van der Waals surface area contributed by atoms with Crippen molar-refractivity contribution in [2.24, 2.45) is 0 Å². The Morgan fingerprint density at radius 2 is 2.38 bits per heavy atom. The number of amides is 1. The normalized spacial score (nSPS) is 11.9. The van der Waals surface area contributed by atoms with Gasteiger partial charge in [-0.15, -0.1) is 11.3 Å². The van der Waals surface area contributed by atoms with Crippen LogP contribution in [0.25, 0.3) is 0 Å². The summed E-state index contributed by atoms with van der Waals surface area (Å²) in [6.45, 7) is 1.79. The smallest absolute Gasteiger partial charge is 0.356 e. The summed E-state index contributed by atoms with van der Waals surface area (Å²) in [6, 6.07) is 3.63. The van der Waals surface area contributed by atoms with Gasteiger partial charge in [0.25, 0.3) is 0 Å². The van der Waals surface area contributed by atoms with Crippen LogP contribution in [0.3, 0.4) is 0 Å². The van der Waals surface area contributed by atoms with Gasteiger partial charge in [-0.1, -0.05) is 6.07 Å². The van der Waals surface area contributed by atoms with Gasteiger partial charge in [0.05, 0.1) is 13.0 Å². The number of aliphatic hydroxyl groups excluding tert-OH is 1. The average molecular weight is 243 g/mol. The van der Waals surface area contributed by atoms with Crippen LogP contribution in [0.4, 0.5) is 0 Å². The quantitative estimate of drug-likeness (QED) is 0.575. The maximum atomic E-state index is 11.4. The Balaban J connectivity index is 2.36. The molecule has 0 aliphatic rings. The third-order valence-electron chi connectivity index (χ3n) is 1.72. The average Bonchev–Trinajstić information content (AvgIpc) is 2.70. The van der Waals surface area contributed by atoms with E-state index < -0.39 is 18.1 Å². The van der Waals surface area contributed by atoms with Gasteiger partial charge in [-0.2, -0.15) is 0 Å². The molecule has 0 bridgehead atoms. The molecule has 1 unspecified atom stereocenters. The second kappa shape index (κ2) is 6.24. The van der Waals surface area contributed by atoms with Crippen LogP contribution in [0.5, 0.6) is 0 Å². The van der Waals surface area contributed by atoms with Gasteiger partial charge >= 0.3 is 5.97 Å². The van der Waals surface area contributed by atoms with Crippen molar-refractivity contribution in [2.75, 3.05) is 6.61 Å². The highest BCUT2D eigenvalue weighted by Gasteiger charge is 2.18. The number of carbonyl (C=O) groups is 2. The fourth-order valence-corrected chi connectivity index (χ4v) is 1.76. The zero-order valence-electron chi connectivity index (χ0n) is 8.80. The van der Waals surface area contributed by atoms with E-state index in [2.05, 4.69) is 10.1 Å². The third-order valence-corrected chi connectivity index (χ3v) is 2.60. The molecule has 0 saturated carbocycles. The van der Waals surface area contributed by atoms with Crippen molar-refractivity contribution in [3.63, 3.8) is 0 Å². The van der Waals surface area contributed by atoms with Gasteiger partial charge in [0, 0.05) is 4.88 Å². The summed E-state index contributed by atoms with van der Waals surface area (Å²) in [5, 5.41) is 13.2. The minimum atomic E-state index is -1.59. The van der Waals surface area contributed by atoms with Crippen molar-refractivity contribution in [3.8, 4) is 0 Å². The predicted octanol–water partition coefficient (Wildman–Crippen LogP) is 0.288. The second-order valence-corrected chi connectivity index (χ2v) is 4.01. The van der Waals surface area contributed by atoms with Gasteiger partial charge in [0.2, 0.25) is 12.1 Å². The Bertz CT molecular complexity index is 350. The summed E-state index contributed by atoms with van der Waals surface area (Å²) < 4.78 is 4.54. The number of thiophene rings is 1. The van der Waals surface area contributed by atoms with Crippen LogP contribution in [0.1, 0.15) is 11.8 Å². The number of nitrogens with one attached hydrogen (secondary N) is 1. The number of esters is 1. The van der Waals surface area contributed by atoms with E-state index in [-0.39, 0.29) is 13.0 Å². The molecular formula is C10H13NO4S. The topological polar surface area (TPSA) is 75.6 Å². The first-order valence-corrected chi connectivity index (χ1v) is 5.68. The van der Waals surface area contributed by atoms with Crippen LogP contribution in [-0.2, 0) is 20.7 Å². The Morgan fingerprint density at radius 3 is 2.94 bits per heavy atom. The highest BCUT2D eigenvalue weighted by atomic mass is 32.1. The molecule has 5 nitrogen and oxygen atoms in total. The standard InChI is InChI=1S/C10H13NO4S/c1-2-15-10(14)9(13)11-8(12)6-7-4-3-5-16-7/h3-5,9,13H,2,6H2,1H3,(H,11,12). The summed E-state index contributed by atoms with van der Waals surface area (Å²) in [5.41, 5.74) is 0. The summed E-state index contributed by atoms with van der Waals surface area (Å²) in [5.74, 6) is -1.26. The number of hydrogen-bond acceptors (Lipinski definition) is 5. The van der Waals surface area contributed by atoms with Crippen LogP contribution < -0.4 is 5.32 Å². The van der Waals surface area contributed by atoms with Crippen LogP contribution in [0.15, 0.2) is 17.5 Å². The highest BCUT2D eigenvalue weighted by molar-refractivity contribution is 7.10. The zero-order valence-corrected chi connectivity index (χ0v) is 9.62. The van der Waals surface area contributed by atoms with Crippen LogP contribution in [0, 0.1) is 0 Å². The van der Waals surface area contributed by atoms with E-state index in [9.17, 15) is 14.7 Å². The molecule has 1 heterocycles. The molecule has 2 N–H and O–H groups in total. The van der Waals surface area contributed by atoms with Crippen LogP contribution >= 0.6 is 11.3 Å². The lowest BCUT2D eigenvalue weighted by Gasteiger charge is -2.10. The lowest BCUT2D eigenvalue weighted by Crippen LogP contribution is -2.42. The molecule has 0 aliphatic heterocycles. The monoisotopic (exact) mass is 243 g/mol. The summed E-state index contributed by atoms with van der Waals surface area (Å²) in [6.07, 6.45) is -1.44. The van der Waals surface area contributed by atoms with Gasteiger partial charge in [-0.05, 0) is 18.4 Å². The van der Waals surface area contributed by atoms with Gasteiger partial charge < -0.3 is 15.2 Å². The van der Waals surface area contributed by atoms with E-state index in [0.29, 0.717) is 0 Å². The largest absolute Gasteiger partial charge is 0.463 e. The van der Waals surface area contributed by atoms with Crippen molar-refractivity contribution >= 4 is 23.2 Å². The molecule has 16 heavy (non-hydrogen) atoms. The first-order valence-electron chi connectivity index (χ1n) is 4.80.